The maximum atomic E-state index is 12.0. The third-order valence-corrected chi connectivity index (χ3v) is 3.68. The van der Waals surface area contributed by atoms with Crippen LogP contribution in [0.3, 0.4) is 0 Å². The van der Waals surface area contributed by atoms with E-state index in [1.54, 1.807) is 15.8 Å². The average molecular weight is 280 g/mol. The summed E-state index contributed by atoms with van der Waals surface area (Å²) in [5.41, 5.74) is 0.944. The van der Waals surface area contributed by atoms with Gasteiger partial charge in [-0.25, -0.2) is 4.79 Å². The number of hydrogen-bond donors (Lipinski definition) is 2. The van der Waals surface area contributed by atoms with Crippen molar-refractivity contribution in [1.29, 1.82) is 0 Å². The third-order valence-electron chi connectivity index (χ3n) is 3.68. The first-order chi connectivity index (χ1) is 9.56. The first kappa shape index (κ1) is 14.4. The van der Waals surface area contributed by atoms with Gasteiger partial charge in [0, 0.05) is 32.8 Å². The molecule has 1 aromatic heterocycles. The van der Waals surface area contributed by atoms with Crippen LogP contribution in [0.5, 0.6) is 0 Å². The number of nitrogens with zero attached hydrogens (tertiary/aromatic N) is 3. The molecule has 1 saturated heterocycles. The minimum absolute atomic E-state index is 0.0935. The molecule has 1 atom stereocenters. The molecule has 0 radical (unpaired) electrons. The first-order valence-corrected chi connectivity index (χ1v) is 6.77. The van der Waals surface area contributed by atoms with E-state index >= 15 is 0 Å². The lowest BCUT2D eigenvalue weighted by Crippen LogP contribution is -2.38. The number of nitrogens with one attached hydrogen (secondary N) is 1. The predicted molar refractivity (Wildman–Crippen MR) is 72.0 cm³/mol. The Labute approximate surface area is 117 Å². The second kappa shape index (κ2) is 6.40. The van der Waals surface area contributed by atoms with E-state index in [-0.39, 0.29) is 12.5 Å². The molecule has 2 amide bonds. The van der Waals surface area contributed by atoms with Gasteiger partial charge in [-0.3, -0.25) is 9.48 Å². The number of carboxylic acids is 1. The summed E-state index contributed by atoms with van der Waals surface area (Å²) in [6, 6.07) is 1.77. The van der Waals surface area contributed by atoms with Crippen LogP contribution in [0.25, 0.3) is 0 Å². The smallest absolute Gasteiger partial charge is 0.317 e. The van der Waals surface area contributed by atoms with Crippen molar-refractivity contribution in [2.75, 3.05) is 13.1 Å². The van der Waals surface area contributed by atoms with Crippen LogP contribution in [-0.4, -0.2) is 44.9 Å². The number of rotatable bonds is 5. The van der Waals surface area contributed by atoms with Crippen LogP contribution in [0.1, 0.15) is 25.0 Å². The molecule has 1 aromatic rings. The van der Waals surface area contributed by atoms with Gasteiger partial charge in [0.05, 0.1) is 12.2 Å². The molecule has 2 rings (SSSR count). The van der Waals surface area contributed by atoms with Gasteiger partial charge in [0.2, 0.25) is 0 Å². The first-order valence-electron chi connectivity index (χ1n) is 6.77. The Morgan fingerprint density at radius 1 is 1.55 bits per heavy atom. The molecule has 20 heavy (non-hydrogen) atoms. The van der Waals surface area contributed by atoms with Crippen LogP contribution in [0, 0.1) is 5.92 Å². The number of carbonyl (C=O) groups is 2. The third kappa shape index (κ3) is 3.72. The molecule has 7 heteroatoms. The number of urea groups is 1. The second-order valence-corrected chi connectivity index (χ2v) is 5.14. The molecule has 0 bridgehead atoms. The van der Waals surface area contributed by atoms with Gasteiger partial charge in [-0.15, -0.1) is 0 Å². The van der Waals surface area contributed by atoms with Crippen molar-refractivity contribution < 1.29 is 14.7 Å². The fourth-order valence-corrected chi connectivity index (χ4v) is 2.43. The van der Waals surface area contributed by atoms with E-state index < -0.39 is 5.97 Å². The Bertz CT molecular complexity index is 486. The summed E-state index contributed by atoms with van der Waals surface area (Å²) < 4.78 is 1.72. The molecule has 1 aliphatic rings. The van der Waals surface area contributed by atoms with Crippen molar-refractivity contribution in [3.63, 3.8) is 0 Å². The number of amides is 2. The number of aryl methyl sites for hydroxylation is 1. The summed E-state index contributed by atoms with van der Waals surface area (Å²) in [5.74, 6) is -0.474. The van der Waals surface area contributed by atoms with E-state index in [2.05, 4.69) is 10.4 Å². The van der Waals surface area contributed by atoms with Crippen LogP contribution >= 0.6 is 0 Å². The Morgan fingerprint density at radius 3 is 3.00 bits per heavy atom. The number of likely N-dealkylation sites (tertiary alicyclic amines) is 1. The lowest BCUT2D eigenvalue weighted by Gasteiger charge is -2.17. The Balaban J connectivity index is 1.74. The molecule has 2 N–H and O–H groups in total. The number of aromatic nitrogens is 2. The van der Waals surface area contributed by atoms with E-state index in [0.717, 1.165) is 12.1 Å². The Morgan fingerprint density at radius 2 is 2.35 bits per heavy atom. The highest BCUT2D eigenvalue weighted by Crippen LogP contribution is 2.20. The van der Waals surface area contributed by atoms with Crippen molar-refractivity contribution in [2.24, 2.45) is 13.0 Å². The van der Waals surface area contributed by atoms with Crippen LogP contribution in [-0.2, 0) is 18.4 Å². The summed E-state index contributed by atoms with van der Waals surface area (Å²) in [4.78, 5) is 24.3. The minimum Gasteiger partial charge on any atom is -0.481 e. The van der Waals surface area contributed by atoms with E-state index in [9.17, 15) is 9.59 Å². The van der Waals surface area contributed by atoms with Crippen molar-refractivity contribution in [1.82, 2.24) is 20.0 Å². The van der Waals surface area contributed by atoms with Crippen LogP contribution in [0.15, 0.2) is 12.3 Å². The molecular weight excluding hydrogens is 260 g/mol. The zero-order chi connectivity index (χ0) is 14.5. The highest BCUT2D eigenvalue weighted by Gasteiger charge is 2.26. The van der Waals surface area contributed by atoms with Crippen molar-refractivity contribution in [3.05, 3.63) is 18.0 Å². The van der Waals surface area contributed by atoms with Gasteiger partial charge in [-0.2, -0.15) is 5.10 Å². The molecule has 1 unspecified atom stereocenters. The quantitative estimate of drug-likeness (QED) is 0.835. The normalized spacial score (nSPS) is 18.2. The number of carboxylic acid groups (broad SMARTS) is 1. The second-order valence-electron chi connectivity index (χ2n) is 5.14. The fourth-order valence-electron chi connectivity index (χ4n) is 2.43. The highest BCUT2D eigenvalue weighted by atomic mass is 16.4. The maximum absolute atomic E-state index is 12.0. The summed E-state index contributed by atoms with van der Waals surface area (Å²) >= 11 is 0. The van der Waals surface area contributed by atoms with Gasteiger partial charge in [0.1, 0.15) is 0 Å². The fraction of sp³-hybridized carbons (Fsp3) is 0.615. The van der Waals surface area contributed by atoms with Crippen LogP contribution < -0.4 is 5.32 Å². The highest BCUT2D eigenvalue weighted by molar-refractivity contribution is 5.74. The lowest BCUT2D eigenvalue weighted by molar-refractivity contribution is -0.137. The Hall–Kier alpha value is -2.05. The van der Waals surface area contributed by atoms with E-state index in [1.165, 1.54) is 0 Å². The molecular formula is C13H20N4O3. The molecule has 0 spiro atoms. The zero-order valence-electron chi connectivity index (χ0n) is 11.6. The minimum atomic E-state index is -0.774. The van der Waals surface area contributed by atoms with E-state index in [1.807, 2.05) is 13.1 Å². The standard InChI is InChI=1S/C13H20N4O3/c1-16-11(4-6-15-16)8-14-13(20)17-7-5-10(9-17)2-3-12(18)19/h4,6,10H,2-3,5,7-9H2,1H3,(H,14,20)(H,18,19). The van der Waals surface area contributed by atoms with Gasteiger partial charge in [-0.05, 0) is 24.8 Å². The summed E-state index contributed by atoms with van der Waals surface area (Å²) in [5, 5.41) is 15.6. The molecule has 0 aliphatic carbocycles. The molecule has 7 nitrogen and oxygen atoms in total. The number of aliphatic carboxylic acids is 1. The molecule has 2 heterocycles. The maximum Gasteiger partial charge on any atom is 0.317 e. The van der Waals surface area contributed by atoms with Gasteiger partial charge >= 0.3 is 12.0 Å². The molecule has 110 valence electrons. The monoisotopic (exact) mass is 280 g/mol. The number of hydrogen-bond acceptors (Lipinski definition) is 3. The summed E-state index contributed by atoms with van der Waals surface area (Å²) in [6.07, 6.45) is 3.39. The largest absolute Gasteiger partial charge is 0.481 e. The van der Waals surface area contributed by atoms with Crippen LogP contribution in [0.4, 0.5) is 4.79 Å². The van der Waals surface area contributed by atoms with E-state index in [0.29, 0.717) is 32.0 Å². The van der Waals surface area contributed by atoms with Gasteiger partial charge in [0.15, 0.2) is 0 Å². The predicted octanol–water partition coefficient (Wildman–Crippen LogP) is 0.816. The van der Waals surface area contributed by atoms with Crippen LogP contribution in [0.2, 0.25) is 0 Å². The van der Waals surface area contributed by atoms with Crippen molar-refractivity contribution in [3.8, 4) is 0 Å². The van der Waals surface area contributed by atoms with Gasteiger partial charge in [-0.1, -0.05) is 0 Å². The summed E-state index contributed by atoms with van der Waals surface area (Å²) in [7, 11) is 1.83. The van der Waals surface area contributed by atoms with Crippen molar-refractivity contribution >= 4 is 12.0 Å². The van der Waals surface area contributed by atoms with Gasteiger partial charge < -0.3 is 15.3 Å². The molecule has 1 fully saturated rings. The average Bonchev–Trinajstić information content (AvgIpc) is 3.02. The van der Waals surface area contributed by atoms with Gasteiger partial charge in [0.25, 0.3) is 0 Å². The summed E-state index contributed by atoms with van der Waals surface area (Å²) in [6.45, 7) is 1.79. The Kier molecular flexibility index (Phi) is 4.60. The topological polar surface area (TPSA) is 87.5 Å². The van der Waals surface area contributed by atoms with E-state index in [4.69, 9.17) is 5.11 Å². The molecule has 0 saturated carbocycles. The lowest BCUT2D eigenvalue weighted by atomic mass is 10.0. The SMILES string of the molecule is Cn1nccc1CNC(=O)N1CCC(CCC(=O)O)C1. The number of carbonyl (C=O) groups excluding carboxylic acids is 1. The zero-order valence-corrected chi connectivity index (χ0v) is 11.6. The molecule has 1 aliphatic heterocycles. The van der Waals surface area contributed by atoms with Crippen molar-refractivity contribution in [2.45, 2.75) is 25.8 Å². The molecule has 0 aromatic carbocycles.